The molecule has 6 heteroatoms. The first kappa shape index (κ1) is 23.1. The van der Waals surface area contributed by atoms with Crippen LogP contribution in [-0.4, -0.2) is 26.7 Å². The van der Waals surface area contributed by atoms with Gasteiger partial charge in [0.15, 0.2) is 5.65 Å². The van der Waals surface area contributed by atoms with Crippen LogP contribution in [0.2, 0.25) is 0 Å². The van der Waals surface area contributed by atoms with Gasteiger partial charge in [0.2, 0.25) is 0 Å². The number of rotatable bonds is 2. The summed E-state index contributed by atoms with van der Waals surface area (Å²) in [5.41, 5.74) is 7.17. The molecule has 2 heterocycles. The molecule has 4 aliphatic rings. The maximum absolute atomic E-state index is 13.5. The van der Waals surface area contributed by atoms with E-state index in [2.05, 4.69) is 30.6 Å². The maximum atomic E-state index is 13.5. The van der Waals surface area contributed by atoms with Gasteiger partial charge in [-0.05, 0) is 85.0 Å². The van der Waals surface area contributed by atoms with Crippen LogP contribution in [0.4, 0.5) is 4.39 Å². The minimum Gasteiger partial charge on any atom is -0.462 e. The van der Waals surface area contributed by atoms with Crippen LogP contribution in [0, 0.1) is 29.0 Å². The molecule has 2 saturated carbocycles. The Bertz CT molecular complexity index is 1440. The highest BCUT2D eigenvalue weighted by Crippen LogP contribution is 2.64. The standard InChI is InChI=1S/C31H34FN3O2/c1-18(36)37-23-10-12-30(2)21(15-23)6-9-24-26(30)11-13-31(3)27(24)14-20-16-33-29-25(17-34-35(29)28(20)31)19-4-7-22(32)8-5-19/h4-8,16-17,23-24,26-27H,9-15H2,1-3H3/t23-,24+,26-,27-,30-,31-/m0/s1. The third kappa shape index (κ3) is 3.30. The minimum atomic E-state index is -0.237. The third-order valence-electron chi connectivity index (χ3n) is 10.5. The molecule has 7 rings (SSSR count). The summed E-state index contributed by atoms with van der Waals surface area (Å²) in [7, 11) is 0. The number of benzene rings is 1. The van der Waals surface area contributed by atoms with E-state index in [-0.39, 0.29) is 28.7 Å². The first-order valence-corrected chi connectivity index (χ1v) is 13.8. The Morgan fingerprint density at radius 3 is 2.62 bits per heavy atom. The zero-order valence-electron chi connectivity index (χ0n) is 21.8. The van der Waals surface area contributed by atoms with Crippen LogP contribution in [0.25, 0.3) is 16.8 Å². The van der Waals surface area contributed by atoms with Crippen LogP contribution >= 0.6 is 0 Å². The number of carbonyl (C=O) groups is 1. The van der Waals surface area contributed by atoms with E-state index >= 15 is 0 Å². The van der Waals surface area contributed by atoms with E-state index in [0.29, 0.717) is 17.8 Å². The van der Waals surface area contributed by atoms with Crippen molar-refractivity contribution in [1.29, 1.82) is 0 Å². The number of allylic oxidation sites excluding steroid dienone is 1. The summed E-state index contributed by atoms with van der Waals surface area (Å²) in [5, 5.41) is 4.85. The molecule has 0 saturated heterocycles. The lowest BCUT2D eigenvalue weighted by atomic mass is 9.48. The van der Waals surface area contributed by atoms with Crippen LogP contribution in [0.15, 0.2) is 48.3 Å². The predicted molar refractivity (Wildman–Crippen MR) is 139 cm³/mol. The lowest BCUT2D eigenvalue weighted by molar-refractivity contribution is -0.148. The molecule has 6 atom stereocenters. The second-order valence-corrected chi connectivity index (χ2v) is 12.3. The van der Waals surface area contributed by atoms with Crippen molar-refractivity contribution in [2.24, 2.45) is 23.2 Å². The first-order chi connectivity index (χ1) is 17.8. The summed E-state index contributed by atoms with van der Waals surface area (Å²) < 4.78 is 21.2. The van der Waals surface area contributed by atoms with Crippen molar-refractivity contribution in [3.05, 3.63) is 65.4 Å². The largest absolute Gasteiger partial charge is 0.462 e. The quantitative estimate of drug-likeness (QED) is 0.301. The molecule has 0 N–H and O–H groups in total. The lowest BCUT2D eigenvalue weighted by Crippen LogP contribution is -2.51. The Labute approximate surface area is 217 Å². The number of hydrogen-bond acceptors (Lipinski definition) is 4. The van der Waals surface area contributed by atoms with Crippen molar-refractivity contribution in [2.45, 2.75) is 77.2 Å². The smallest absolute Gasteiger partial charge is 0.302 e. The Morgan fingerprint density at radius 2 is 1.84 bits per heavy atom. The van der Waals surface area contributed by atoms with Crippen LogP contribution in [-0.2, 0) is 21.4 Å². The van der Waals surface area contributed by atoms with E-state index in [1.165, 1.54) is 42.3 Å². The predicted octanol–water partition coefficient (Wildman–Crippen LogP) is 6.44. The topological polar surface area (TPSA) is 56.5 Å². The Morgan fingerprint density at radius 1 is 1.05 bits per heavy atom. The van der Waals surface area contributed by atoms with Gasteiger partial charge in [-0.15, -0.1) is 0 Å². The van der Waals surface area contributed by atoms with Gasteiger partial charge in [-0.1, -0.05) is 37.6 Å². The molecule has 1 aromatic carbocycles. The average molecular weight is 500 g/mol. The van der Waals surface area contributed by atoms with E-state index in [1.807, 2.05) is 6.20 Å². The van der Waals surface area contributed by atoms with E-state index in [4.69, 9.17) is 14.8 Å². The Balaban J connectivity index is 1.24. The average Bonchev–Trinajstić information content (AvgIpc) is 3.43. The zero-order valence-corrected chi connectivity index (χ0v) is 21.8. The molecular weight excluding hydrogens is 465 g/mol. The van der Waals surface area contributed by atoms with E-state index in [9.17, 15) is 9.18 Å². The number of aromatic nitrogens is 3. The highest BCUT2D eigenvalue weighted by Gasteiger charge is 2.58. The molecule has 192 valence electrons. The minimum absolute atomic E-state index is 0.0347. The lowest BCUT2D eigenvalue weighted by Gasteiger charge is -2.57. The summed E-state index contributed by atoms with van der Waals surface area (Å²) in [6, 6.07) is 6.60. The number of ether oxygens (including phenoxy) is 1. The van der Waals surface area contributed by atoms with Gasteiger partial charge in [0.05, 0.1) is 11.9 Å². The van der Waals surface area contributed by atoms with Crippen LogP contribution in [0.3, 0.4) is 0 Å². The number of fused-ring (bicyclic) bond motifs is 9. The molecule has 0 amide bonds. The van der Waals surface area contributed by atoms with Gasteiger partial charge in [0.25, 0.3) is 0 Å². The maximum Gasteiger partial charge on any atom is 0.302 e. The van der Waals surface area contributed by atoms with Crippen molar-refractivity contribution in [1.82, 2.24) is 14.6 Å². The molecule has 0 radical (unpaired) electrons. The van der Waals surface area contributed by atoms with Gasteiger partial charge >= 0.3 is 5.97 Å². The normalized spacial score (nSPS) is 34.2. The van der Waals surface area contributed by atoms with Crippen molar-refractivity contribution < 1.29 is 13.9 Å². The molecule has 37 heavy (non-hydrogen) atoms. The fraction of sp³-hybridized carbons (Fsp3) is 0.516. The highest BCUT2D eigenvalue weighted by atomic mass is 19.1. The molecule has 5 nitrogen and oxygen atoms in total. The Kier molecular flexibility index (Phi) is 4.99. The number of halogens is 1. The molecule has 2 aromatic heterocycles. The molecule has 0 unspecified atom stereocenters. The Hall–Kier alpha value is -3.02. The van der Waals surface area contributed by atoms with Gasteiger partial charge in [-0.25, -0.2) is 13.9 Å². The molecular formula is C31H34FN3O2. The van der Waals surface area contributed by atoms with Gasteiger partial charge in [-0.2, -0.15) is 5.10 Å². The molecule has 2 fully saturated rings. The van der Waals surface area contributed by atoms with Crippen LogP contribution in [0.5, 0.6) is 0 Å². The van der Waals surface area contributed by atoms with Gasteiger partial charge in [-0.3, -0.25) is 4.79 Å². The summed E-state index contributed by atoms with van der Waals surface area (Å²) >= 11 is 0. The number of hydrogen-bond donors (Lipinski definition) is 0. The molecule has 3 aromatic rings. The molecule has 4 aliphatic carbocycles. The number of nitrogens with zero attached hydrogens (tertiary/aromatic N) is 3. The fourth-order valence-electron chi connectivity index (χ4n) is 8.75. The van der Waals surface area contributed by atoms with Crippen LogP contribution < -0.4 is 0 Å². The summed E-state index contributed by atoms with van der Waals surface area (Å²) in [5.74, 6) is 1.45. The van der Waals surface area contributed by atoms with Gasteiger partial charge < -0.3 is 4.74 Å². The van der Waals surface area contributed by atoms with Crippen LogP contribution in [0.1, 0.15) is 70.6 Å². The molecule has 0 spiro atoms. The monoisotopic (exact) mass is 499 g/mol. The summed E-state index contributed by atoms with van der Waals surface area (Å²) in [6.07, 6.45) is 14.0. The zero-order chi connectivity index (χ0) is 25.5. The third-order valence-corrected chi connectivity index (χ3v) is 10.5. The second kappa shape index (κ2) is 7.99. The van der Waals surface area contributed by atoms with E-state index in [0.717, 1.165) is 55.3 Å². The molecule has 0 aliphatic heterocycles. The first-order valence-electron chi connectivity index (χ1n) is 13.8. The van der Waals surface area contributed by atoms with Crippen molar-refractivity contribution in [3.8, 4) is 11.1 Å². The highest BCUT2D eigenvalue weighted by molar-refractivity contribution is 5.77. The SMILES string of the molecule is CC(=O)O[C@H]1CC[C@@]2(C)C(=CC[C@@H]3[C@@H]2CC[C@]2(C)c4c(cnc5c(-c6ccc(F)cc6)cnn45)C[C@@H]32)C1. The van der Waals surface area contributed by atoms with Gasteiger partial charge in [0, 0.05) is 30.5 Å². The summed E-state index contributed by atoms with van der Waals surface area (Å²) in [6.45, 7) is 6.46. The van der Waals surface area contributed by atoms with Crippen molar-refractivity contribution >= 4 is 11.6 Å². The van der Waals surface area contributed by atoms with E-state index in [1.54, 1.807) is 12.1 Å². The van der Waals surface area contributed by atoms with Crippen molar-refractivity contribution in [2.75, 3.05) is 0 Å². The number of carbonyl (C=O) groups excluding carboxylic acids is 1. The van der Waals surface area contributed by atoms with Gasteiger partial charge in [0.1, 0.15) is 11.9 Å². The van der Waals surface area contributed by atoms with E-state index < -0.39 is 0 Å². The molecule has 0 bridgehead atoms. The number of esters is 1. The second-order valence-electron chi connectivity index (χ2n) is 12.3. The van der Waals surface area contributed by atoms with Crippen molar-refractivity contribution in [3.63, 3.8) is 0 Å². The summed E-state index contributed by atoms with van der Waals surface area (Å²) in [4.78, 5) is 16.4. The fourth-order valence-corrected chi connectivity index (χ4v) is 8.75.